The van der Waals surface area contributed by atoms with Gasteiger partial charge in [0.1, 0.15) is 73.9 Å². The van der Waals surface area contributed by atoms with Gasteiger partial charge in [-0.15, -0.1) is 21.9 Å². The predicted molar refractivity (Wildman–Crippen MR) is 261 cm³/mol. The molecule has 16 radical (unpaired) electrons. The van der Waals surface area contributed by atoms with Crippen molar-refractivity contribution in [3.63, 3.8) is 0 Å². The van der Waals surface area contributed by atoms with Crippen LogP contribution < -0.4 is 43.7 Å². The van der Waals surface area contributed by atoms with E-state index in [2.05, 4.69) is 78.9 Å². The van der Waals surface area contributed by atoms with E-state index in [-0.39, 0.29) is 43.7 Å². The highest BCUT2D eigenvalue weighted by molar-refractivity contribution is 6.71. The van der Waals surface area contributed by atoms with Gasteiger partial charge in [0.15, 0.2) is 0 Å². The minimum absolute atomic E-state index is 0.161. The summed E-state index contributed by atoms with van der Waals surface area (Å²) in [5.41, 5.74) is 8.14. The van der Waals surface area contributed by atoms with Crippen LogP contribution in [-0.4, -0.2) is 62.8 Å². The number of furan rings is 1. The second-order valence-corrected chi connectivity index (χ2v) is 15.3. The molecule has 10 aromatic carbocycles. The average Bonchev–Trinajstić information content (AvgIpc) is 3.66. The summed E-state index contributed by atoms with van der Waals surface area (Å²) in [6, 6.07) is 45.6. The van der Waals surface area contributed by atoms with E-state index in [9.17, 15) is 0 Å². The molecule has 0 bridgehead atoms. The number of rotatable bonds is 3. The Bertz CT molecular complexity index is 3580. The van der Waals surface area contributed by atoms with Gasteiger partial charge in [-0.3, -0.25) is 0 Å². The maximum Gasteiger partial charge on any atom is 0.136 e. The van der Waals surface area contributed by atoms with Crippen molar-refractivity contribution in [3.05, 3.63) is 133 Å². The van der Waals surface area contributed by atoms with Crippen LogP contribution in [0.5, 0.6) is 0 Å². The molecule has 59 heavy (non-hydrogen) atoms. The smallest absolute Gasteiger partial charge is 0.136 e. The standard InChI is InChI=1S/C50H22B8O/c51-43-39-36(27-16-19-34-33(22-27)37-29-10-4-3-8-24(29)15-20-35(37)59-34)40-42(46(54)50(58)48(56)44(40)52)38(41(39)45(53)49(57)47(43)55)32-18-17-28(30-11-5-6-12-31(30)32)26-14-13-23-7-1-2-9-25(23)21-26/h1-22H. The Labute approximate surface area is 351 Å². The number of fused-ring (bicyclic) bond motifs is 9. The lowest BCUT2D eigenvalue weighted by atomic mass is 9.59. The minimum atomic E-state index is 0.161. The van der Waals surface area contributed by atoms with Gasteiger partial charge >= 0.3 is 0 Å². The van der Waals surface area contributed by atoms with Crippen molar-refractivity contribution < 1.29 is 4.42 Å². The Hall–Kier alpha value is -6.18. The fourth-order valence-electron chi connectivity index (χ4n) is 9.33. The van der Waals surface area contributed by atoms with Crippen molar-refractivity contribution in [2.75, 3.05) is 0 Å². The van der Waals surface area contributed by atoms with Crippen LogP contribution in [0.2, 0.25) is 0 Å². The van der Waals surface area contributed by atoms with Crippen LogP contribution in [0.4, 0.5) is 0 Å². The third-order valence-electron chi connectivity index (χ3n) is 12.2. The van der Waals surface area contributed by atoms with E-state index in [4.69, 9.17) is 67.2 Å². The van der Waals surface area contributed by atoms with Crippen molar-refractivity contribution in [3.8, 4) is 33.4 Å². The molecule has 0 aliphatic rings. The first-order valence-corrected chi connectivity index (χ1v) is 19.2. The van der Waals surface area contributed by atoms with E-state index in [1.807, 2.05) is 54.6 Å². The topological polar surface area (TPSA) is 13.1 Å². The minimum Gasteiger partial charge on any atom is -0.456 e. The number of hydrogen-bond acceptors (Lipinski definition) is 1. The van der Waals surface area contributed by atoms with Gasteiger partial charge in [0, 0.05) is 10.8 Å². The molecule has 1 aromatic heterocycles. The predicted octanol–water partition coefficient (Wildman–Crippen LogP) is 4.70. The fourth-order valence-corrected chi connectivity index (χ4v) is 9.33. The lowest BCUT2D eigenvalue weighted by Gasteiger charge is -2.29. The molecule has 0 unspecified atom stereocenters. The van der Waals surface area contributed by atoms with Crippen LogP contribution in [0.3, 0.4) is 0 Å². The van der Waals surface area contributed by atoms with E-state index < -0.39 is 0 Å². The van der Waals surface area contributed by atoms with Gasteiger partial charge in [-0.1, -0.05) is 131 Å². The highest BCUT2D eigenvalue weighted by atomic mass is 16.3. The molecular weight excluding hydrogens is 703 g/mol. The third-order valence-corrected chi connectivity index (χ3v) is 12.2. The summed E-state index contributed by atoms with van der Waals surface area (Å²) in [6.45, 7) is 0. The summed E-state index contributed by atoms with van der Waals surface area (Å²) in [4.78, 5) is 0. The first kappa shape index (κ1) is 35.9. The first-order valence-electron chi connectivity index (χ1n) is 19.2. The van der Waals surface area contributed by atoms with Crippen molar-refractivity contribution >= 4 is 182 Å². The normalized spacial score (nSPS) is 11.9. The fraction of sp³-hybridized carbons (Fsp3) is 0. The molecule has 252 valence electrons. The van der Waals surface area contributed by atoms with Gasteiger partial charge in [-0.05, 0) is 112 Å². The Kier molecular flexibility index (Phi) is 8.02. The van der Waals surface area contributed by atoms with Gasteiger partial charge in [0.25, 0.3) is 0 Å². The molecule has 0 saturated heterocycles. The van der Waals surface area contributed by atoms with Gasteiger partial charge in [-0.2, -0.15) is 0 Å². The van der Waals surface area contributed by atoms with Crippen LogP contribution in [0.1, 0.15) is 0 Å². The van der Waals surface area contributed by atoms with E-state index >= 15 is 0 Å². The van der Waals surface area contributed by atoms with Gasteiger partial charge in [0.2, 0.25) is 0 Å². The van der Waals surface area contributed by atoms with E-state index in [1.165, 1.54) is 5.39 Å². The van der Waals surface area contributed by atoms with Crippen molar-refractivity contribution in [2.45, 2.75) is 0 Å². The van der Waals surface area contributed by atoms with Crippen LogP contribution in [0.25, 0.3) is 109 Å². The number of benzene rings is 10. The molecule has 0 fully saturated rings. The zero-order valence-corrected chi connectivity index (χ0v) is 31.7. The molecule has 11 rings (SSSR count). The Morgan fingerprint density at radius 3 is 1.41 bits per heavy atom. The third kappa shape index (κ3) is 5.10. The molecule has 0 N–H and O–H groups in total. The van der Waals surface area contributed by atoms with Gasteiger partial charge < -0.3 is 4.42 Å². The highest BCUT2D eigenvalue weighted by Gasteiger charge is 2.26. The first-order chi connectivity index (χ1) is 28.6. The Balaban J connectivity index is 1.31. The summed E-state index contributed by atoms with van der Waals surface area (Å²) >= 11 is 0. The summed E-state index contributed by atoms with van der Waals surface area (Å²) in [5.74, 6) is 0. The molecule has 0 saturated carbocycles. The second kappa shape index (κ2) is 13.2. The molecule has 0 spiro atoms. The molecule has 11 aromatic rings. The van der Waals surface area contributed by atoms with Crippen molar-refractivity contribution in [1.29, 1.82) is 0 Å². The zero-order valence-electron chi connectivity index (χ0n) is 31.7. The maximum absolute atomic E-state index is 7.15. The van der Waals surface area contributed by atoms with Crippen LogP contribution in [-0.2, 0) is 0 Å². The molecular formula is C50H22B8O. The van der Waals surface area contributed by atoms with Crippen LogP contribution >= 0.6 is 0 Å². The average molecular weight is 725 g/mol. The molecule has 9 heteroatoms. The summed E-state index contributed by atoms with van der Waals surface area (Å²) in [6.07, 6.45) is 0. The molecule has 0 aliphatic heterocycles. The summed E-state index contributed by atoms with van der Waals surface area (Å²) < 4.78 is 6.40. The van der Waals surface area contributed by atoms with Gasteiger partial charge in [0.05, 0.1) is 0 Å². The maximum atomic E-state index is 7.15. The van der Waals surface area contributed by atoms with E-state index in [0.29, 0.717) is 32.7 Å². The molecule has 1 nitrogen and oxygen atoms in total. The van der Waals surface area contributed by atoms with E-state index in [1.54, 1.807) is 0 Å². The Morgan fingerprint density at radius 1 is 0.288 bits per heavy atom. The monoisotopic (exact) mass is 726 g/mol. The largest absolute Gasteiger partial charge is 0.456 e. The van der Waals surface area contributed by atoms with Gasteiger partial charge in [-0.25, -0.2) is 0 Å². The molecule has 0 amide bonds. The molecule has 1 heterocycles. The zero-order chi connectivity index (χ0) is 40.4. The van der Waals surface area contributed by atoms with E-state index in [0.717, 1.165) is 71.1 Å². The lowest BCUT2D eigenvalue weighted by Crippen LogP contribution is -2.50. The quantitative estimate of drug-likeness (QED) is 0.190. The van der Waals surface area contributed by atoms with Crippen molar-refractivity contribution in [2.24, 2.45) is 0 Å². The number of hydrogen-bond donors (Lipinski definition) is 0. The molecule has 0 atom stereocenters. The highest BCUT2D eigenvalue weighted by Crippen LogP contribution is 2.45. The molecule has 0 aliphatic carbocycles. The SMILES string of the molecule is [B]c1c([B])c([B])c2c(-c3ccc(-c4ccc5ccccc5c4)c4ccccc34)c3c([B])c([B])c([B])c([B])c3c(-c3ccc4oc5ccc6ccccc6c5c4c3)c2c1[B]. The van der Waals surface area contributed by atoms with Crippen molar-refractivity contribution in [1.82, 2.24) is 0 Å². The second-order valence-electron chi connectivity index (χ2n) is 15.3. The lowest BCUT2D eigenvalue weighted by molar-refractivity contribution is 0.669. The Morgan fingerprint density at radius 2 is 0.763 bits per heavy atom. The van der Waals surface area contributed by atoms with Crippen LogP contribution in [0, 0.1) is 0 Å². The summed E-state index contributed by atoms with van der Waals surface area (Å²) in [7, 11) is 55.5. The summed E-state index contributed by atoms with van der Waals surface area (Å²) in [5, 5.41) is 10.6. The van der Waals surface area contributed by atoms with Crippen LogP contribution in [0.15, 0.2) is 138 Å².